The van der Waals surface area contributed by atoms with Crippen molar-refractivity contribution in [2.75, 3.05) is 26.7 Å². The monoisotopic (exact) mass is 444 g/mol. The van der Waals surface area contributed by atoms with Gasteiger partial charge >= 0.3 is 6.03 Å². The Kier molecular flexibility index (Phi) is 4.27. The van der Waals surface area contributed by atoms with E-state index in [4.69, 9.17) is 4.99 Å². The molecule has 0 aromatic heterocycles. The molecule has 1 saturated carbocycles. The van der Waals surface area contributed by atoms with Crippen molar-refractivity contribution in [3.63, 3.8) is 0 Å². The van der Waals surface area contributed by atoms with Crippen LogP contribution >= 0.6 is 0 Å². The number of halogens is 2. The van der Waals surface area contributed by atoms with E-state index in [1.165, 1.54) is 9.91 Å². The van der Waals surface area contributed by atoms with Crippen molar-refractivity contribution in [3.05, 3.63) is 35.7 Å². The Morgan fingerprint density at radius 1 is 1.31 bits per heavy atom. The number of allylic oxidation sites excluding steroid dienone is 1. The largest absolute Gasteiger partial charge is 0.349 e. The number of nitrogens with one attached hydrogen (secondary N) is 1. The number of carbonyl (C=O) groups is 2. The summed E-state index contributed by atoms with van der Waals surface area (Å²) in [6, 6.07) is -0.106. The zero-order chi connectivity index (χ0) is 22.2. The molecule has 4 fully saturated rings. The Morgan fingerprint density at radius 3 is 2.97 bits per heavy atom. The van der Waals surface area contributed by atoms with Gasteiger partial charge in [0.05, 0.1) is 12.1 Å². The highest BCUT2D eigenvalue weighted by Gasteiger charge is 2.53. The Labute approximate surface area is 184 Å². The highest BCUT2D eigenvalue weighted by Crippen LogP contribution is 2.53. The second kappa shape index (κ2) is 6.87. The van der Waals surface area contributed by atoms with Gasteiger partial charge in [-0.15, -0.1) is 0 Å². The van der Waals surface area contributed by atoms with Crippen molar-refractivity contribution in [3.8, 4) is 0 Å². The number of hydrogen-bond acceptors (Lipinski definition) is 5. The van der Waals surface area contributed by atoms with Crippen molar-refractivity contribution < 1.29 is 18.4 Å². The van der Waals surface area contributed by atoms with Gasteiger partial charge in [-0.3, -0.25) is 19.7 Å². The molecule has 6 aliphatic rings. The van der Waals surface area contributed by atoms with Gasteiger partial charge in [0.25, 0.3) is 11.8 Å². The lowest BCUT2D eigenvalue weighted by Crippen LogP contribution is -2.49. The highest BCUT2D eigenvalue weighted by molar-refractivity contribution is 6.12. The molecule has 0 bridgehead atoms. The Balaban J connectivity index is 1.22. The number of hydrazine groups is 1. The standard InChI is InChI=1S/C22H26F2N6O2/c1-27-21(32)29-6-3-15(9-18(29)26-27)30-11-14-8-16(14)17-7-13(10-25-19(17)30)20(31)28-5-2-4-22(23,24)12-28/h3,6-7,9-10,14,16-19,26H,2,4-5,8,11-12H2,1H3. The van der Waals surface area contributed by atoms with E-state index in [1.807, 2.05) is 18.2 Å². The minimum atomic E-state index is -2.82. The molecule has 32 heavy (non-hydrogen) atoms. The van der Waals surface area contributed by atoms with Crippen LogP contribution in [0.25, 0.3) is 0 Å². The lowest BCUT2D eigenvalue weighted by Gasteiger charge is -2.42. The summed E-state index contributed by atoms with van der Waals surface area (Å²) in [4.78, 5) is 35.0. The fourth-order valence-corrected chi connectivity index (χ4v) is 5.69. The van der Waals surface area contributed by atoms with E-state index in [9.17, 15) is 18.4 Å². The van der Waals surface area contributed by atoms with Crippen LogP contribution in [0.15, 0.2) is 40.7 Å². The average Bonchev–Trinajstić information content (AvgIpc) is 3.51. The zero-order valence-electron chi connectivity index (χ0n) is 17.8. The molecular weight excluding hydrogens is 418 g/mol. The van der Waals surface area contributed by atoms with Crippen LogP contribution in [0.4, 0.5) is 13.6 Å². The lowest BCUT2D eigenvalue weighted by molar-refractivity contribution is -0.137. The number of rotatable bonds is 2. The van der Waals surface area contributed by atoms with Crippen LogP contribution in [-0.4, -0.2) is 82.8 Å². The van der Waals surface area contributed by atoms with Crippen molar-refractivity contribution in [1.82, 2.24) is 25.1 Å². The van der Waals surface area contributed by atoms with E-state index in [0.717, 1.165) is 18.7 Å². The zero-order valence-corrected chi connectivity index (χ0v) is 17.8. The summed E-state index contributed by atoms with van der Waals surface area (Å²) >= 11 is 0. The molecule has 8 nitrogen and oxygen atoms in total. The van der Waals surface area contributed by atoms with Crippen molar-refractivity contribution >= 4 is 18.2 Å². The van der Waals surface area contributed by atoms with Gasteiger partial charge in [0.15, 0.2) is 0 Å². The van der Waals surface area contributed by atoms with E-state index in [-0.39, 0.29) is 36.6 Å². The van der Waals surface area contributed by atoms with Gasteiger partial charge in [-0.25, -0.2) is 19.0 Å². The SMILES string of the molecule is CN1NC2C=C(N3CC4CC4C4C=C(C(=O)N5CCCC(F)(F)C5)C=NC43)C=CN2C1=O. The summed E-state index contributed by atoms with van der Waals surface area (Å²) in [6.45, 7) is 0.728. The molecule has 0 aromatic carbocycles. The number of aliphatic imine (C=N–C) groups is 1. The molecular formula is C22H26F2N6O2. The highest BCUT2D eigenvalue weighted by atomic mass is 19.3. The summed E-state index contributed by atoms with van der Waals surface area (Å²) in [7, 11) is 1.70. The molecule has 0 radical (unpaired) electrons. The number of likely N-dealkylation sites (tertiary alicyclic amines) is 2. The first-order valence-electron chi connectivity index (χ1n) is 11.2. The molecule has 5 heterocycles. The molecule has 3 saturated heterocycles. The Hall–Kier alpha value is -2.75. The maximum absolute atomic E-state index is 13.8. The predicted molar refractivity (Wildman–Crippen MR) is 112 cm³/mol. The molecule has 5 unspecified atom stereocenters. The first kappa shape index (κ1) is 19.9. The minimum Gasteiger partial charge on any atom is -0.349 e. The van der Waals surface area contributed by atoms with Crippen LogP contribution < -0.4 is 5.43 Å². The van der Waals surface area contributed by atoms with Crippen molar-refractivity contribution in [2.45, 2.75) is 37.5 Å². The summed E-state index contributed by atoms with van der Waals surface area (Å²) in [5, 5.41) is 1.47. The molecule has 0 spiro atoms. The van der Waals surface area contributed by atoms with Gasteiger partial charge in [-0.1, -0.05) is 6.08 Å². The molecule has 10 heteroatoms. The van der Waals surface area contributed by atoms with E-state index >= 15 is 0 Å². The molecule has 5 atom stereocenters. The molecule has 3 amide bonds. The third kappa shape index (κ3) is 3.15. The van der Waals surface area contributed by atoms with Crippen LogP contribution in [-0.2, 0) is 4.79 Å². The summed E-state index contributed by atoms with van der Waals surface area (Å²) in [5.74, 6) is -2.07. The summed E-state index contributed by atoms with van der Waals surface area (Å²) in [5.41, 5.74) is 4.56. The first-order valence-corrected chi connectivity index (χ1v) is 11.2. The van der Waals surface area contributed by atoms with E-state index in [2.05, 4.69) is 10.3 Å². The minimum absolute atomic E-state index is 0.0798. The third-order valence-electron chi connectivity index (χ3n) is 7.43. The third-order valence-corrected chi connectivity index (χ3v) is 7.43. The predicted octanol–water partition coefficient (Wildman–Crippen LogP) is 1.76. The normalized spacial score (nSPS) is 37.0. The molecule has 0 aromatic rings. The van der Waals surface area contributed by atoms with Crippen LogP contribution in [0.5, 0.6) is 0 Å². The fraction of sp³-hybridized carbons (Fsp3) is 0.591. The summed E-state index contributed by atoms with van der Waals surface area (Å²) < 4.78 is 27.6. The van der Waals surface area contributed by atoms with Gasteiger partial charge in [-0.2, -0.15) is 0 Å². The fourth-order valence-electron chi connectivity index (χ4n) is 5.69. The molecule has 6 rings (SSSR count). The van der Waals surface area contributed by atoms with Crippen molar-refractivity contribution in [2.24, 2.45) is 22.7 Å². The number of alkyl halides is 2. The smallest absolute Gasteiger partial charge is 0.339 e. The second-order valence-corrected chi connectivity index (χ2v) is 9.62. The number of hydrogen-bond donors (Lipinski definition) is 1. The Morgan fingerprint density at radius 2 is 2.16 bits per heavy atom. The topological polar surface area (TPSA) is 71.5 Å². The lowest BCUT2D eigenvalue weighted by atomic mass is 9.88. The first-order chi connectivity index (χ1) is 15.3. The van der Waals surface area contributed by atoms with Gasteiger partial charge in [-0.05, 0) is 36.8 Å². The number of piperidine rings is 2. The molecule has 1 aliphatic carbocycles. The number of carbonyl (C=O) groups excluding carboxylic acids is 2. The quantitative estimate of drug-likeness (QED) is 0.705. The molecule has 170 valence electrons. The van der Waals surface area contributed by atoms with Crippen LogP contribution in [0.3, 0.4) is 0 Å². The van der Waals surface area contributed by atoms with Gasteiger partial charge in [0.1, 0.15) is 12.3 Å². The van der Waals surface area contributed by atoms with E-state index < -0.39 is 12.5 Å². The van der Waals surface area contributed by atoms with Crippen LogP contribution in [0.2, 0.25) is 0 Å². The summed E-state index contributed by atoms with van der Waals surface area (Å²) in [6.07, 6.45) is 10.2. The maximum Gasteiger partial charge on any atom is 0.339 e. The van der Waals surface area contributed by atoms with Gasteiger partial charge < -0.3 is 9.80 Å². The number of dihydropyridines is 1. The van der Waals surface area contributed by atoms with Gasteiger partial charge in [0, 0.05) is 50.6 Å². The van der Waals surface area contributed by atoms with E-state index in [0.29, 0.717) is 30.4 Å². The Bertz CT molecular complexity index is 991. The number of nitrogens with zero attached hydrogens (tertiary/aromatic N) is 5. The number of fused-ring (bicyclic) bond motifs is 4. The molecule has 5 aliphatic heterocycles. The number of urea groups is 1. The number of amides is 3. The second-order valence-electron chi connectivity index (χ2n) is 9.62. The van der Waals surface area contributed by atoms with E-state index in [1.54, 1.807) is 24.4 Å². The van der Waals surface area contributed by atoms with Crippen LogP contribution in [0, 0.1) is 17.8 Å². The average molecular weight is 444 g/mol. The molecule has 1 N–H and O–H groups in total. The van der Waals surface area contributed by atoms with Gasteiger partial charge in [0.2, 0.25) is 0 Å². The van der Waals surface area contributed by atoms with Crippen LogP contribution in [0.1, 0.15) is 19.3 Å². The van der Waals surface area contributed by atoms with Crippen molar-refractivity contribution in [1.29, 1.82) is 0 Å². The maximum atomic E-state index is 13.8.